The molecule has 1 aromatic heterocycles. The van der Waals surface area contributed by atoms with Gasteiger partial charge in [-0.3, -0.25) is 0 Å². The van der Waals surface area contributed by atoms with E-state index in [9.17, 15) is 0 Å². The van der Waals surface area contributed by atoms with Crippen LogP contribution in [-0.2, 0) is 0 Å². The number of thiophene rings is 1. The zero-order chi connectivity index (χ0) is 9.26. The van der Waals surface area contributed by atoms with Gasteiger partial charge in [0.15, 0.2) is 0 Å². The molecule has 0 bridgehead atoms. The second-order valence-corrected chi connectivity index (χ2v) is 4.32. The Labute approximate surface area is 86.8 Å². The molecule has 0 saturated carbocycles. The monoisotopic (exact) mass is 208 g/mol. The lowest BCUT2D eigenvalue weighted by molar-refractivity contribution is 1.48. The molecule has 0 N–H and O–H groups in total. The fourth-order valence-electron chi connectivity index (χ4n) is 1.34. The smallest absolute Gasteiger partial charge is 0.0409 e. The van der Waals surface area contributed by atoms with Crippen molar-refractivity contribution in [1.82, 2.24) is 0 Å². The molecule has 2 aromatic rings. The SMILES string of the molecule is Cc1cc(Cl)ccc1-c1cccs1. The van der Waals surface area contributed by atoms with E-state index in [0.29, 0.717) is 0 Å². The molecule has 0 nitrogen and oxygen atoms in total. The van der Waals surface area contributed by atoms with E-state index in [1.165, 1.54) is 16.0 Å². The Kier molecular flexibility index (Phi) is 2.38. The number of rotatable bonds is 1. The van der Waals surface area contributed by atoms with Gasteiger partial charge in [0.2, 0.25) is 0 Å². The largest absolute Gasteiger partial charge is 0.144 e. The third kappa shape index (κ3) is 1.77. The highest BCUT2D eigenvalue weighted by Crippen LogP contribution is 2.29. The van der Waals surface area contributed by atoms with Crippen molar-refractivity contribution in [2.24, 2.45) is 0 Å². The standard InChI is InChI=1S/C11H9ClS/c1-8-7-9(12)4-5-10(8)11-3-2-6-13-11/h2-7H,1H3. The van der Waals surface area contributed by atoms with Gasteiger partial charge in [-0.1, -0.05) is 23.7 Å². The summed E-state index contributed by atoms with van der Waals surface area (Å²) in [6.07, 6.45) is 0. The van der Waals surface area contributed by atoms with E-state index in [1.54, 1.807) is 11.3 Å². The molecule has 0 aliphatic carbocycles. The summed E-state index contributed by atoms with van der Waals surface area (Å²) in [5, 5.41) is 2.89. The number of benzene rings is 1. The van der Waals surface area contributed by atoms with Gasteiger partial charge in [0.05, 0.1) is 0 Å². The van der Waals surface area contributed by atoms with E-state index in [1.807, 2.05) is 12.1 Å². The third-order valence-corrected chi connectivity index (χ3v) is 3.11. The summed E-state index contributed by atoms with van der Waals surface area (Å²) >= 11 is 7.63. The summed E-state index contributed by atoms with van der Waals surface area (Å²) in [4.78, 5) is 1.30. The molecule has 0 amide bonds. The lowest BCUT2D eigenvalue weighted by Gasteiger charge is -2.02. The molecular formula is C11H9ClS. The quantitative estimate of drug-likeness (QED) is 0.653. The van der Waals surface area contributed by atoms with E-state index in [4.69, 9.17) is 11.6 Å². The van der Waals surface area contributed by atoms with Crippen LogP contribution in [0.2, 0.25) is 5.02 Å². The van der Waals surface area contributed by atoms with Crippen LogP contribution >= 0.6 is 22.9 Å². The molecule has 0 spiro atoms. The van der Waals surface area contributed by atoms with Crippen LogP contribution < -0.4 is 0 Å². The first-order valence-electron chi connectivity index (χ1n) is 4.07. The Morgan fingerprint density at radius 1 is 1.23 bits per heavy atom. The summed E-state index contributed by atoms with van der Waals surface area (Å²) in [5.41, 5.74) is 2.51. The molecule has 0 unspecified atom stereocenters. The van der Waals surface area contributed by atoms with Crippen molar-refractivity contribution in [2.75, 3.05) is 0 Å². The van der Waals surface area contributed by atoms with Gasteiger partial charge in [-0.2, -0.15) is 0 Å². The Bertz CT molecular complexity index is 404. The third-order valence-electron chi connectivity index (χ3n) is 1.98. The van der Waals surface area contributed by atoms with Crippen LogP contribution in [0.1, 0.15) is 5.56 Å². The average Bonchev–Trinajstić information content (AvgIpc) is 2.56. The minimum absolute atomic E-state index is 0.804. The van der Waals surface area contributed by atoms with Crippen molar-refractivity contribution in [2.45, 2.75) is 6.92 Å². The summed E-state index contributed by atoms with van der Waals surface area (Å²) < 4.78 is 0. The van der Waals surface area contributed by atoms with Gasteiger partial charge in [-0.05, 0) is 41.6 Å². The van der Waals surface area contributed by atoms with Crippen molar-refractivity contribution in [3.05, 3.63) is 46.3 Å². The molecule has 13 heavy (non-hydrogen) atoms. The predicted molar refractivity (Wildman–Crippen MR) is 59.5 cm³/mol. The topological polar surface area (TPSA) is 0 Å². The van der Waals surface area contributed by atoms with Crippen LogP contribution in [0.15, 0.2) is 35.7 Å². The van der Waals surface area contributed by atoms with Gasteiger partial charge < -0.3 is 0 Å². The van der Waals surface area contributed by atoms with E-state index < -0.39 is 0 Å². The highest BCUT2D eigenvalue weighted by atomic mass is 35.5. The second-order valence-electron chi connectivity index (χ2n) is 2.94. The Morgan fingerprint density at radius 2 is 2.08 bits per heavy atom. The number of halogens is 1. The first-order chi connectivity index (χ1) is 6.27. The molecule has 2 rings (SSSR count). The van der Waals surface area contributed by atoms with Crippen LogP contribution in [-0.4, -0.2) is 0 Å². The van der Waals surface area contributed by atoms with Crippen LogP contribution in [0.5, 0.6) is 0 Å². The van der Waals surface area contributed by atoms with E-state index in [-0.39, 0.29) is 0 Å². The highest BCUT2D eigenvalue weighted by molar-refractivity contribution is 7.13. The lowest BCUT2D eigenvalue weighted by Crippen LogP contribution is -1.78. The summed E-state index contributed by atoms with van der Waals surface area (Å²) in [6, 6.07) is 10.2. The predicted octanol–water partition coefficient (Wildman–Crippen LogP) is 4.38. The van der Waals surface area contributed by atoms with E-state index >= 15 is 0 Å². The van der Waals surface area contributed by atoms with Gasteiger partial charge >= 0.3 is 0 Å². The number of hydrogen-bond acceptors (Lipinski definition) is 1. The summed E-state index contributed by atoms with van der Waals surface area (Å²) in [5.74, 6) is 0. The van der Waals surface area contributed by atoms with Crippen molar-refractivity contribution >= 4 is 22.9 Å². The van der Waals surface area contributed by atoms with Crippen LogP contribution in [0, 0.1) is 6.92 Å². The molecule has 0 fully saturated rings. The Hall–Kier alpha value is -0.790. The van der Waals surface area contributed by atoms with E-state index in [2.05, 4.69) is 30.5 Å². The van der Waals surface area contributed by atoms with Gasteiger partial charge in [0, 0.05) is 9.90 Å². The highest BCUT2D eigenvalue weighted by Gasteiger charge is 2.02. The van der Waals surface area contributed by atoms with E-state index in [0.717, 1.165) is 5.02 Å². The maximum absolute atomic E-state index is 5.88. The van der Waals surface area contributed by atoms with Crippen molar-refractivity contribution in [3.8, 4) is 10.4 Å². The summed E-state index contributed by atoms with van der Waals surface area (Å²) in [7, 11) is 0. The van der Waals surface area contributed by atoms with Crippen LogP contribution in [0.25, 0.3) is 10.4 Å². The van der Waals surface area contributed by atoms with Gasteiger partial charge in [0.25, 0.3) is 0 Å². The lowest BCUT2D eigenvalue weighted by atomic mass is 10.1. The summed E-state index contributed by atoms with van der Waals surface area (Å²) in [6.45, 7) is 2.08. The fraction of sp³-hybridized carbons (Fsp3) is 0.0909. The van der Waals surface area contributed by atoms with Crippen molar-refractivity contribution in [3.63, 3.8) is 0 Å². The van der Waals surface area contributed by atoms with Crippen LogP contribution in [0.3, 0.4) is 0 Å². The molecular weight excluding hydrogens is 200 g/mol. The van der Waals surface area contributed by atoms with Gasteiger partial charge in [-0.25, -0.2) is 0 Å². The van der Waals surface area contributed by atoms with Gasteiger partial charge in [0.1, 0.15) is 0 Å². The minimum atomic E-state index is 0.804. The average molecular weight is 209 g/mol. The first-order valence-corrected chi connectivity index (χ1v) is 5.33. The maximum Gasteiger partial charge on any atom is 0.0409 e. The Balaban J connectivity index is 2.53. The maximum atomic E-state index is 5.88. The zero-order valence-corrected chi connectivity index (χ0v) is 8.82. The first kappa shape index (κ1) is 8.79. The molecule has 0 aliphatic heterocycles. The van der Waals surface area contributed by atoms with Crippen molar-refractivity contribution in [1.29, 1.82) is 0 Å². The molecule has 1 aromatic carbocycles. The second kappa shape index (κ2) is 3.52. The molecule has 66 valence electrons. The number of aryl methyl sites for hydroxylation is 1. The van der Waals surface area contributed by atoms with Crippen LogP contribution in [0.4, 0.5) is 0 Å². The van der Waals surface area contributed by atoms with Crippen molar-refractivity contribution < 1.29 is 0 Å². The minimum Gasteiger partial charge on any atom is -0.144 e. The molecule has 1 heterocycles. The normalized spacial score (nSPS) is 10.3. The molecule has 0 atom stereocenters. The molecule has 0 saturated heterocycles. The molecule has 0 aliphatic rings. The number of hydrogen-bond donors (Lipinski definition) is 0. The fourth-order valence-corrected chi connectivity index (χ4v) is 2.38. The molecule has 2 heteroatoms. The Morgan fingerprint density at radius 3 is 2.69 bits per heavy atom. The molecule has 0 radical (unpaired) electrons. The van der Waals surface area contributed by atoms with Gasteiger partial charge in [-0.15, -0.1) is 11.3 Å². The zero-order valence-electron chi connectivity index (χ0n) is 7.25.